The molecule has 1 atom stereocenters. The third-order valence-electron chi connectivity index (χ3n) is 4.23. The third-order valence-corrected chi connectivity index (χ3v) is 4.93. The first-order valence-corrected chi connectivity index (χ1v) is 8.81. The molecule has 3 aromatic rings. The van der Waals surface area contributed by atoms with Crippen molar-refractivity contribution in [2.24, 2.45) is 0 Å². The SMILES string of the molecule is O=C(Nc1ncc(F)s1)[C@@H](c1ccccc1)N1Cc2ccccc2C1=O. The molecule has 130 valence electrons. The zero-order valence-corrected chi connectivity index (χ0v) is 14.4. The van der Waals surface area contributed by atoms with E-state index in [0.717, 1.165) is 23.1 Å². The van der Waals surface area contributed by atoms with Gasteiger partial charge < -0.3 is 4.90 Å². The number of amides is 2. The van der Waals surface area contributed by atoms with Gasteiger partial charge in [-0.05, 0) is 17.2 Å². The summed E-state index contributed by atoms with van der Waals surface area (Å²) in [6.07, 6.45) is 1.05. The second-order valence-electron chi connectivity index (χ2n) is 5.86. The molecule has 0 fully saturated rings. The van der Waals surface area contributed by atoms with E-state index in [-0.39, 0.29) is 11.0 Å². The molecule has 0 radical (unpaired) electrons. The highest BCUT2D eigenvalue weighted by molar-refractivity contribution is 7.14. The minimum atomic E-state index is -0.830. The van der Waals surface area contributed by atoms with E-state index >= 15 is 0 Å². The molecule has 5 nitrogen and oxygen atoms in total. The molecule has 7 heteroatoms. The Morgan fingerprint density at radius 1 is 1.15 bits per heavy atom. The summed E-state index contributed by atoms with van der Waals surface area (Å²) in [4.78, 5) is 31.1. The average Bonchev–Trinajstić information content (AvgIpc) is 3.20. The highest BCUT2D eigenvalue weighted by Crippen LogP contribution is 2.32. The molecule has 0 spiro atoms. The number of halogens is 1. The van der Waals surface area contributed by atoms with Crippen molar-refractivity contribution >= 4 is 28.3 Å². The number of aromatic nitrogens is 1. The Morgan fingerprint density at radius 2 is 1.88 bits per heavy atom. The van der Waals surface area contributed by atoms with Crippen LogP contribution < -0.4 is 5.32 Å². The molecule has 0 unspecified atom stereocenters. The predicted molar refractivity (Wildman–Crippen MR) is 96.2 cm³/mol. The van der Waals surface area contributed by atoms with Crippen LogP contribution in [0.2, 0.25) is 0 Å². The van der Waals surface area contributed by atoms with Crippen LogP contribution >= 0.6 is 11.3 Å². The van der Waals surface area contributed by atoms with Crippen LogP contribution in [0.4, 0.5) is 9.52 Å². The van der Waals surface area contributed by atoms with E-state index in [1.807, 2.05) is 30.3 Å². The summed E-state index contributed by atoms with van der Waals surface area (Å²) >= 11 is 0.746. The number of anilines is 1. The summed E-state index contributed by atoms with van der Waals surface area (Å²) in [5, 5.41) is 2.30. The largest absolute Gasteiger partial charge is 0.318 e. The fraction of sp³-hybridized carbons (Fsp3) is 0.105. The standard InChI is InChI=1S/C19H14FN3O2S/c20-15-10-21-19(26-15)22-17(24)16(12-6-2-1-3-7-12)23-11-13-8-4-5-9-14(13)18(23)25/h1-10,16H,11H2,(H,21,22,24)/t16-/m1/s1. The first-order chi connectivity index (χ1) is 12.6. The summed E-state index contributed by atoms with van der Waals surface area (Å²) in [6.45, 7) is 0.341. The highest BCUT2D eigenvalue weighted by Gasteiger charge is 2.37. The maximum Gasteiger partial charge on any atom is 0.255 e. The molecule has 0 bridgehead atoms. The molecule has 0 saturated carbocycles. The number of nitrogens with one attached hydrogen (secondary N) is 1. The molecule has 1 aliphatic rings. The first-order valence-electron chi connectivity index (χ1n) is 7.99. The van der Waals surface area contributed by atoms with E-state index in [4.69, 9.17) is 0 Å². The van der Waals surface area contributed by atoms with Crippen LogP contribution in [0.1, 0.15) is 27.5 Å². The van der Waals surface area contributed by atoms with E-state index in [1.165, 1.54) is 4.90 Å². The van der Waals surface area contributed by atoms with Gasteiger partial charge in [0.05, 0.1) is 6.20 Å². The molecule has 4 rings (SSSR count). The van der Waals surface area contributed by atoms with Gasteiger partial charge in [0.15, 0.2) is 10.3 Å². The molecule has 1 aliphatic heterocycles. The lowest BCUT2D eigenvalue weighted by Gasteiger charge is -2.27. The van der Waals surface area contributed by atoms with Crippen molar-refractivity contribution in [3.63, 3.8) is 0 Å². The van der Waals surface area contributed by atoms with Gasteiger partial charge in [-0.3, -0.25) is 14.9 Å². The van der Waals surface area contributed by atoms with Crippen LogP contribution in [0, 0.1) is 5.13 Å². The van der Waals surface area contributed by atoms with Crippen LogP contribution in [0.15, 0.2) is 60.8 Å². The maximum atomic E-state index is 13.2. The minimum Gasteiger partial charge on any atom is -0.318 e. The van der Waals surface area contributed by atoms with Crippen LogP contribution in [0.5, 0.6) is 0 Å². The summed E-state index contributed by atoms with van der Waals surface area (Å²) < 4.78 is 13.2. The molecular formula is C19H14FN3O2S. The van der Waals surface area contributed by atoms with Gasteiger partial charge in [0.25, 0.3) is 11.8 Å². The molecule has 0 aliphatic carbocycles. The molecule has 1 aromatic heterocycles. The Balaban J connectivity index is 1.68. The summed E-state index contributed by atoms with van der Waals surface area (Å²) in [6, 6.07) is 15.5. The summed E-state index contributed by atoms with van der Waals surface area (Å²) in [7, 11) is 0. The molecule has 0 saturated heterocycles. The van der Waals surface area contributed by atoms with Crippen LogP contribution in [-0.2, 0) is 11.3 Å². The fourth-order valence-electron chi connectivity index (χ4n) is 3.08. The normalized spacial score (nSPS) is 14.2. The van der Waals surface area contributed by atoms with Gasteiger partial charge in [-0.1, -0.05) is 59.9 Å². The Hall–Kier alpha value is -3.06. The van der Waals surface area contributed by atoms with Crippen LogP contribution in [0.25, 0.3) is 0 Å². The van der Waals surface area contributed by atoms with Crippen molar-refractivity contribution in [1.82, 2.24) is 9.88 Å². The van der Waals surface area contributed by atoms with Crippen LogP contribution in [-0.4, -0.2) is 21.7 Å². The lowest BCUT2D eigenvalue weighted by atomic mass is 10.0. The monoisotopic (exact) mass is 367 g/mol. The molecule has 1 N–H and O–H groups in total. The van der Waals surface area contributed by atoms with Crippen molar-refractivity contribution in [3.05, 3.63) is 82.6 Å². The molecular weight excluding hydrogens is 353 g/mol. The number of fused-ring (bicyclic) bond motifs is 1. The quantitative estimate of drug-likeness (QED) is 0.766. The molecule has 26 heavy (non-hydrogen) atoms. The number of rotatable bonds is 4. The number of carbonyl (C=O) groups is 2. The second-order valence-corrected chi connectivity index (χ2v) is 6.84. The van der Waals surface area contributed by atoms with E-state index in [9.17, 15) is 14.0 Å². The number of benzene rings is 2. The minimum absolute atomic E-state index is 0.164. The van der Waals surface area contributed by atoms with Gasteiger partial charge in [-0.15, -0.1) is 0 Å². The van der Waals surface area contributed by atoms with Crippen LogP contribution in [0.3, 0.4) is 0 Å². The fourth-order valence-corrected chi connectivity index (χ4v) is 3.63. The third kappa shape index (κ3) is 2.97. The van der Waals surface area contributed by atoms with Crippen molar-refractivity contribution in [2.45, 2.75) is 12.6 Å². The first kappa shape index (κ1) is 16.4. The summed E-state index contributed by atoms with van der Waals surface area (Å²) in [5.41, 5.74) is 2.16. The smallest absolute Gasteiger partial charge is 0.255 e. The lowest BCUT2D eigenvalue weighted by molar-refractivity contribution is -0.120. The predicted octanol–water partition coefficient (Wildman–Crippen LogP) is 3.62. The number of hydrogen-bond donors (Lipinski definition) is 1. The van der Waals surface area contributed by atoms with E-state index in [0.29, 0.717) is 17.7 Å². The van der Waals surface area contributed by atoms with Crippen molar-refractivity contribution in [1.29, 1.82) is 0 Å². The zero-order valence-electron chi connectivity index (χ0n) is 13.6. The second kappa shape index (κ2) is 6.68. The Labute approximate surface area is 153 Å². The van der Waals surface area contributed by atoms with Gasteiger partial charge in [0.1, 0.15) is 6.04 Å². The maximum absolute atomic E-state index is 13.2. The van der Waals surface area contributed by atoms with Gasteiger partial charge in [0, 0.05) is 12.1 Å². The number of carbonyl (C=O) groups excluding carboxylic acids is 2. The van der Waals surface area contributed by atoms with E-state index in [2.05, 4.69) is 10.3 Å². The number of hydrogen-bond acceptors (Lipinski definition) is 4. The van der Waals surface area contributed by atoms with Gasteiger partial charge in [-0.2, -0.15) is 4.39 Å². The number of thiazole rings is 1. The summed E-state index contributed by atoms with van der Waals surface area (Å²) in [5.74, 6) is -0.623. The Bertz CT molecular complexity index is 974. The van der Waals surface area contributed by atoms with E-state index < -0.39 is 17.1 Å². The Morgan fingerprint density at radius 3 is 2.58 bits per heavy atom. The van der Waals surface area contributed by atoms with Crippen molar-refractivity contribution < 1.29 is 14.0 Å². The molecule has 2 amide bonds. The van der Waals surface area contributed by atoms with Gasteiger partial charge in [0.2, 0.25) is 0 Å². The Kier molecular flexibility index (Phi) is 4.22. The van der Waals surface area contributed by atoms with Crippen molar-refractivity contribution in [2.75, 3.05) is 5.32 Å². The van der Waals surface area contributed by atoms with Gasteiger partial charge in [-0.25, -0.2) is 4.98 Å². The topological polar surface area (TPSA) is 62.3 Å². The highest BCUT2D eigenvalue weighted by atomic mass is 32.1. The van der Waals surface area contributed by atoms with Gasteiger partial charge >= 0.3 is 0 Å². The number of nitrogens with zero attached hydrogens (tertiary/aromatic N) is 2. The van der Waals surface area contributed by atoms with Crippen molar-refractivity contribution in [3.8, 4) is 0 Å². The lowest BCUT2D eigenvalue weighted by Crippen LogP contribution is -2.37. The zero-order chi connectivity index (χ0) is 18.1. The van der Waals surface area contributed by atoms with E-state index in [1.54, 1.807) is 24.3 Å². The average molecular weight is 367 g/mol. The molecule has 2 aromatic carbocycles. The molecule has 2 heterocycles.